The van der Waals surface area contributed by atoms with Gasteiger partial charge in [-0.05, 0) is 31.0 Å². The lowest BCUT2D eigenvalue weighted by atomic mass is 10.2. The summed E-state index contributed by atoms with van der Waals surface area (Å²) in [5, 5.41) is -0.515. The zero-order valence-corrected chi connectivity index (χ0v) is 10.9. The lowest BCUT2D eigenvalue weighted by molar-refractivity contribution is -0.118. The van der Waals surface area contributed by atoms with E-state index >= 15 is 0 Å². The van der Waals surface area contributed by atoms with Crippen LogP contribution in [0.4, 0.5) is 5.69 Å². The summed E-state index contributed by atoms with van der Waals surface area (Å²) in [5.41, 5.74) is 1.88. The van der Waals surface area contributed by atoms with Crippen molar-refractivity contribution in [2.75, 3.05) is 10.9 Å². The Labute approximate surface area is 106 Å². The molecule has 0 aliphatic carbocycles. The highest BCUT2D eigenvalue weighted by Gasteiger charge is 2.21. The third kappa shape index (κ3) is 3.13. The van der Waals surface area contributed by atoms with Crippen molar-refractivity contribution in [3.8, 4) is 0 Å². The molecule has 1 rings (SSSR count). The van der Waals surface area contributed by atoms with Crippen LogP contribution < -0.4 is 4.90 Å². The highest BCUT2D eigenvalue weighted by Crippen LogP contribution is 2.19. The molecule has 0 heterocycles. The minimum Gasteiger partial charge on any atom is -0.297 e. The topological polar surface area (TPSA) is 20.3 Å². The Morgan fingerprint density at radius 2 is 2.19 bits per heavy atom. The Balaban J connectivity index is 2.94. The molecule has 0 fully saturated rings. The molecule has 0 N–H and O–H groups in total. The Morgan fingerprint density at radius 3 is 2.69 bits per heavy atom. The second kappa shape index (κ2) is 6.12. The summed E-state index contributed by atoms with van der Waals surface area (Å²) < 4.78 is 0. The molecule has 0 saturated heterocycles. The number of carbonyl (C=O) groups excluding carboxylic acids is 1. The van der Waals surface area contributed by atoms with Gasteiger partial charge in [-0.15, -0.1) is 23.2 Å². The predicted molar refractivity (Wildman–Crippen MR) is 69.3 cm³/mol. The lowest BCUT2D eigenvalue weighted by Gasteiger charge is -2.22. The average molecular weight is 260 g/mol. The van der Waals surface area contributed by atoms with Gasteiger partial charge in [0.1, 0.15) is 11.4 Å². The van der Waals surface area contributed by atoms with Gasteiger partial charge in [-0.3, -0.25) is 9.69 Å². The molecule has 16 heavy (non-hydrogen) atoms. The number of alkyl halides is 2. The molecule has 1 amide bonds. The van der Waals surface area contributed by atoms with Crippen LogP contribution in [0.15, 0.2) is 24.3 Å². The van der Waals surface area contributed by atoms with Crippen LogP contribution in [0.2, 0.25) is 0 Å². The SMILES string of the molecule is CCC(Cl)C(=O)N(CCl)c1cccc(C)c1. The largest absolute Gasteiger partial charge is 0.297 e. The maximum Gasteiger partial charge on any atom is 0.246 e. The number of hydrogen-bond donors (Lipinski definition) is 0. The number of carbonyl (C=O) groups is 1. The number of hydrogen-bond acceptors (Lipinski definition) is 1. The molecule has 1 unspecified atom stereocenters. The molecule has 0 spiro atoms. The van der Waals surface area contributed by atoms with Gasteiger partial charge in [0.25, 0.3) is 0 Å². The third-order valence-electron chi connectivity index (χ3n) is 2.33. The van der Waals surface area contributed by atoms with Gasteiger partial charge < -0.3 is 0 Å². The number of nitrogens with zero attached hydrogens (tertiary/aromatic N) is 1. The Morgan fingerprint density at radius 1 is 1.50 bits per heavy atom. The molecule has 1 atom stereocenters. The molecule has 1 aromatic rings. The van der Waals surface area contributed by atoms with E-state index in [0.717, 1.165) is 11.3 Å². The van der Waals surface area contributed by atoms with Gasteiger partial charge in [0, 0.05) is 5.69 Å². The van der Waals surface area contributed by atoms with Crippen LogP contribution in [0.1, 0.15) is 18.9 Å². The number of halogens is 2. The van der Waals surface area contributed by atoms with Crippen LogP contribution >= 0.6 is 23.2 Å². The Bertz CT molecular complexity index is 368. The van der Waals surface area contributed by atoms with Crippen molar-refractivity contribution < 1.29 is 4.79 Å². The van der Waals surface area contributed by atoms with Crippen molar-refractivity contribution in [2.45, 2.75) is 25.6 Å². The van der Waals surface area contributed by atoms with E-state index in [-0.39, 0.29) is 11.9 Å². The highest BCUT2D eigenvalue weighted by atomic mass is 35.5. The van der Waals surface area contributed by atoms with Crippen molar-refractivity contribution in [3.63, 3.8) is 0 Å². The second-order valence-corrected chi connectivity index (χ2v) is 4.37. The Hall–Kier alpha value is -0.730. The minimum absolute atomic E-state index is 0.117. The van der Waals surface area contributed by atoms with Crippen molar-refractivity contribution in [3.05, 3.63) is 29.8 Å². The van der Waals surface area contributed by atoms with Crippen LogP contribution in [0, 0.1) is 6.92 Å². The van der Waals surface area contributed by atoms with Crippen molar-refractivity contribution in [1.82, 2.24) is 0 Å². The number of amides is 1. The van der Waals surface area contributed by atoms with Gasteiger partial charge in [0.2, 0.25) is 5.91 Å². The van der Waals surface area contributed by atoms with Crippen molar-refractivity contribution >= 4 is 34.8 Å². The van der Waals surface area contributed by atoms with E-state index in [2.05, 4.69) is 0 Å². The molecule has 1 aromatic carbocycles. The van der Waals surface area contributed by atoms with Gasteiger partial charge in [0.05, 0.1) is 0 Å². The van der Waals surface area contributed by atoms with Crippen LogP contribution in [-0.4, -0.2) is 17.3 Å². The normalized spacial score (nSPS) is 12.2. The first-order valence-corrected chi connectivity index (χ1v) is 6.15. The first-order valence-electron chi connectivity index (χ1n) is 5.18. The van der Waals surface area contributed by atoms with Crippen LogP contribution in [0.5, 0.6) is 0 Å². The van der Waals surface area contributed by atoms with E-state index < -0.39 is 5.38 Å². The lowest BCUT2D eigenvalue weighted by Crippen LogP contribution is -2.35. The summed E-state index contributed by atoms with van der Waals surface area (Å²) in [6.45, 7) is 3.84. The molecule has 2 nitrogen and oxygen atoms in total. The molecule has 0 aliphatic rings. The maximum atomic E-state index is 11.9. The molecule has 0 aromatic heterocycles. The van der Waals surface area contributed by atoms with E-state index in [0.29, 0.717) is 6.42 Å². The molecule has 4 heteroatoms. The predicted octanol–water partition coefficient (Wildman–Crippen LogP) is 3.54. The molecule has 0 saturated carbocycles. The maximum absolute atomic E-state index is 11.9. The van der Waals surface area contributed by atoms with E-state index in [4.69, 9.17) is 23.2 Å². The third-order valence-corrected chi connectivity index (χ3v) is 3.06. The number of rotatable bonds is 4. The van der Waals surface area contributed by atoms with Gasteiger partial charge in [-0.1, -0.05) is 19.1 Å². The zero-order valence-electron chi connectivity index (χ0n) is 9.41. The number of aryl methyl sites for hydroxylation is 1. The van der Waals surface area contributed by atoms with E-state index in [9.17, 15) is 4.79 Å². The van der Waals surface area contributed by atoms with E-state index in [1.807, 2.05) is 38.1 Å². The molecule has 0 aliphatic heterocycles. The average Bonchev–Trinajstić information content (AvgIpc) is 2.29. The first-order chi connectivity index (χ1) is 7.60. The summed E-state index contributed by atoms with van der Waals surface area (Å²) in [6, 6.07) is 7.75. The molecular weight excluding hydrogens is 245 g/mol. The standard InChI is InChI=1S/C12H15Cl2NO/c1-3-11(14)12(16)15(8-13)10-6-4-5-9(2)7-10/h4-7,11H,3,8H2,1-2H3. The van der Waals surface area contributed by atoms with Crippen LogP contribution in [0.25, 0.3) is 0 Å². The zero-order chi connectivity index (χ0) is 12.1. The van der Waals surface area contributed by atoms with E-state index in [1.54, 1.807) is 0 Å². The summed E-state index contributed by atoms with van der Waals surface area (Å²) in [6.07, 6.45) is 0.597. The molecular formula is C12H15Cl2NO. The van der Waals surface area contributed by atoms with Crippen LogP contribution in [0.3, 0.4) is 0 Å². The van der Waals surface area contributed by atoms with Crippen molar-refractivity contribution in [2.24, 2.45) is 0 Å². The van der Waals surface area contributed by atoms with E-state index in [1.165, 1.54) is 4.90 Å². The molecule has 0 radical (unpaired) electrons. The summed E-state index contributed by atoms with van der Waals surface area (Å²) >= 11 is 11.7. The smallest absolute Gasteiger partial charge is 0.246 e. The van der Waals surface area contributed by atoms with Gasteiger partial charge in [-0.2, -0.15) is 0 Å². The fraction of sp³-hybridized carbons (Fsp3) is 0.417. The van der Waals surface area contributed by atoms with Crippen molar-refractivity contribution in [1.29, 1.82) is 0 Å². The summed E-state index contributed by atoms with van der Waals surface area (Å²) in [4.78, 5) is 13.4. The van der Waals surface area contributed by atoms with Gasteiger partial charge in [-0.25, -0.2) is 0 Å². The van der Waals surface area contributed by atoms with Gasteiger partial charge in [0.15, 0.2) is 0 Å². The highest BCUT2D eigenvalue weighted by molar-refractivity contribution is 6.34. The summed E-state index contributed by atoms with van der Waals surface area (Å²) in [7, 11) is 0. The first kappa shape index (κ1) is 13.3. The molecule has 0 bridgehead atoms. The quantitative estimate of drug-likeness (QED) is 0.599. The monoisotopic (exact) mass is 259 g/mol. The fourth-order valence-electron chi connectivity index (χ4n) is 1.39. The minimum atomic E-state index is -0.515. The van der Waals surface area contributed by atoms with Crippen LogP contribution in [-0.2, 0) is 4.79 Å². The second-order valence-electron chi connectivity index (χ2n) is 3.60. The fourth-order valence-corrected chi connectivity index (χ4v) is 1.77. The number of benzene rings is 1. The molecule has 88 valence electrons. The Kier molecular flexibility index (Phi) is 5.10. The summed E-state index contributed by atoms with van der Waals surface area (Å²) in [5.74, 6) is -0.148. The van der Waals surface area contributed by atoms with Gasteiger partial charge >= 0.3 is 0 Å². The number of anilines is 1.